The van der Waals surface area contributed by atoms with Gasteiger partial charge >= 0.3 is 0 Å². The van der Waals surface area contributed by atoms with E-state index in [4.69, 9.17) is 4.74 Å². The largest absolute Gasteiger partial charge is 0.373 e. The molecule has 0 unspecified atom stereocenters. The van der Waals surface area contributed by atoms with Crippen molar-refractivity contribution in [1.82, 2.24) is 9.88 Å². The predicted molar refractivity (Wildman–Crippen MR) is 92.5 cm³/mol. The smallest absolute Gasteiger partial charge is 0.229 e. The van der Waals surface area contributed by atoms with Crippen LogP contribution in [0.15, 0.2) is 17.5 Å². The third-order valence-corrected chi connectivity index (χ3v) is 5.11. The molecule has 2 heterocycles. The molecule has 3 atom stereocenters. The summed E-state index contributed by atoms with van der Waals surface area (Å²) in [6.45, 7) is 6.88. The SMILES string of the molecule is C[C@@H]1CN(Cc2csc(NC(=O)[C@H]3CC=CCC3)n2)C[C@H](C)O1. The zero-order valence-electron chi connectivity index (χ0n) is 13.8. The van der Waals surface area contributed by atoms with E-state index in [-0.39, 0.29) is 24.0 Å². The second kappa shape index (κ2) is 7.55. The highest BCUT2D eigenvalue weighted by atomic mass is 32.1. The van der Waals surface area contributed by atoms with Crippen molar-refractivity contribution in [2.45, 2.75) is 51.9 Å². The molecule has 0 bridgehead atoms. The number of rotatable bonds is 4. The second-order valence-electron chi connectivity index (χ2n) is 6.57. The van der Waals surface area contributed by atoms with Crippen LogP contribution in [0.2, 0.25) is 0 Å². The van der Waals surface area contributed by atoms with Crippen LogP contribution < -0.4 is 5.32 Å². The molecule has 1 aliphatic heterocycles. The molecule has 0 saturated carbocycles. The first-order chi connectivity index (χ1) is 11.1. The van der Waals surface area contributed by atoms with Gasteiger partial charge in [-0.1, -0.05) is 12.2 Å². The van der Waals surface area contributed by atoms with Crippen molar-refractivity contribution in [3.63, 3.8) is 0 Å². The first-order valence-electron chi connectivity index (χ1n) is 8.38. The number of ether oxygens (including phenoxy) is 1. The minimum Gasteiger partial charge on any atom is -0.373 e. The van der Waals surface area contributed by atoms with Crippen LogP contribution in [-0.2, 0) is 16.1 Å². The van der Waals surface area contributed by atoms with Gasteiger partial charge in [0.2, 0.25) is 5.91 Å². The average Bonchev–Trinajstić information content (AvgIpc) is 2.94. The van der Waals surface area contributed by atoms with E-state index in [0.717, 1.165) is 44.6 Å². The lowest BCUT2D eigenvalue weighted by Crippen LogP contribution is -2.44. The highest BCUT2D eigenvalue weighted by Crippen LogP contribution is 2.23. The van der Waals surface area contributed by atoms with Gasteiger partial charge in [-0.25, -0.2) is 4.98 Å². The quantitative estimate of drug-likeness (QED) is 0.859. The summed E-state index contributed by atoms with van der Waals surface area (Å²) in [6.07, 6.45) is 7.54. The first kappa shape index (κ1) is 16.6. The number of hydrogen-bond donors (Lipinski definition) is 1. The molecule has 0 spiro atoms. The number of hydrogen-bond acceptors (Lipinski definition) is 5. The van der Waals surface area contributed by atoms with Gasteiger partial charge in [0, 0.05) is 30.9 Å². The van der Waals surface area contributed by atoms with Gasteiger partial charge in [-0.3, -0.25) is 9.69 Å². The molecular formula is C17H25N3O2S. The maximum absolute atomic E-state index is 12.2. The average molecular weight is 335 g/mol. The van der Waals surface area contributed by atoms with Crippen molar-refractivity contribution in [3.8, 4) is 0 Å². The molecule has 0 aromatic carbocycles. The fourth-order valence-electron chi connectivity index (χ4n) is 3.32. The monoisotopic (exact) mass is 335 g/mol. The third kappa shape index (κ3) is 4.62. The fraction of sp³-hybridized carbons (Fsp3) is 0.647. The molecule has 1 aromatic rings. The summed E-state index contributed by atoms with van der Waals surface area (Å²) in [7, 11) is 0. The van der Waals surface area contributed by atoms with E-state index >= 15 is 0 Å². The van der Waals surface area contributed by atoms with Crippen molar-refractivity contribution in [1.29, 1.82) is 0 Å². The number of carbonyl (C=O) groups excluding carboxylic acids is 1. The zero-order chi connectivity index (χ0) is 16.2. The summed E-state index contributed by atoms with van der Waals surface area (Å²) < 4.78 is 5.76. The molecular weight excluding hydrogens is 310 g/mol. The minimum atomic E-state index is 0.0910. The van der Waals surface area contributed by atoms with Crippen LogP contribution in [0.1, 0.15) is 38.8 Å². The molecule has 1 saturated heterocycles. The summed E-state index contributed by atoms with van der Waals surface area (Å²) in [5, 5.41) is 5.74. The molecule has 0 radical (unpaired) electrons. The Morgan fingerprint density at radius 2 is 2.17 bits per heavy atom. The van der Waals surface area contributed by atoms with Gasteiger partial charge in [-0.05, 0) is 33.1 Å². The summed E-state index contributed by atoms with van der Waals surface area (Å²) >= 11 is 1.51. The molecule has 1 fully saturated rings. The molecule has 5 nitrogen and oxygen atoms in total. The Morgan fingerprint density at radius 1 is 1.39 bits per heavy atom. The van der Waals surface area contributed by atoms with E-state index in [1.54, 1.807) is 0 Å². The third-order valence-electron chi connectivity index (χ3n) is 4.30. The van der Waals surface area contributed by atoms with Gasteiger partial charge in [0.1, 0.15) is 0 Å². The van der Waals surface area contributed by atoms with Crippen molar-refractivity contribution in [2.24, 2.45) is 5.92 Å². The van der Waals surface area contributed by atoms with Crippen molar-refractivity contribution < 1.29 is 9.53 Å². The predicted octanol–water partition coefficient (Wildman–Crippen LogP) is 3.05. The molecule has 1 aliphatic carbocycles. The van der Waals surface area contributed by atoms with Crippen LogP contribution in [0, 0.1) is 5.92 Å². The van der Waals surface area contributed by atoms with Gasteiger partial charge in [0.05, 0.1) is 17.9 Å². The highest BCUT2D eigenvalue weighted by molar-refractivity contribution is 7.13. The first-order valence-corrected chi connectivity index (χ1v) is 9.26. The van der Waals surface area contributed by atoms with Crippen LogP contribution >= 0.6 is 11.3 Å². The summed E-state index contributed by atoms with van der Waals surface area (Å²) in [5.74, 6) is 0.192. The van der Waals surface area contributed by atoms with Gasteiger partial charge in [-0.15, -0.1) is 11.3 Å². The van der Waals surface area contributed by atoms with E-state index in [1.807, 2.05) is 5.38 Å². The molecule has 23 heavy (non-hydrogen) atoms. The summed E-state index contributed by atoms with van der Waals surface area (Å²) in [6, 6.07) is 0. The number of nitrogens with zero attached hydrogens (tertiary/aromatic N) is 2. The number of thiazole rings is 1. The molecule has 2 aliphatic rings. The Bertz CT molecular complexity index is 562. The number of amides is 1. The molecule has 3 rings (SSSR count). The molecule has 6 heteroatoms. The van der Waals surface area contributed by atoms with Gasteiger partial charge in [0.15, 0.2) is 5.13 Å². The van der Waals surface area contributed by atoms with E-state index in [9.17, 15) is 4.79 Å². The van der Waals surface area contributed by atoms with Crippen LogP contribution in [0.4, 0.5) is 5.13 Å². The van der Waals surface area contributed by atoms with Crippen molar-refractivity contribution in [2.75, 3.05) is 18.4 Å². The van der Waals surface area contributed by atoms with Crippen LogP contribution in [-0.4, -0.2) is 41.1 Å². The minimum absolute atomic E-state index is 0.0910. The van der Waals surface area contributed by atoms with Gasteiger partial charge < -0.3 is 10.1 Å². The lowest BCUT2D eigenvalue weighted by molar-refractivity contribution is -0.120. The lowest BCUT2D eigenvalue weighted by atomic mass is 9.94. The normalized spacial score (nSPS) is 28.7. The van der Waals surface area contributed by atoms with Crippen LogP contribution in [0.5, 0.6) is 0 Å². The maximum atomic E-state index is 12.2. The van der Waals surface area contributed by atoms with Gasteiger partial charge in [-0.2, -0.15) is 0 Å². The fourth-order valence-corrected chi connectivity index (χ4v) is 4.02. The van der Waals surface area contributed by atoms with E-state index in [2.05, 4.69) is 41.2 Å². The summed E-state index contributed by atoms with van der Waals surface area (Å²) in [4.78, 5) is 19.2. The Labute approximate surface area is 141 Å². The van der Waals surface area contributed by atoms with E-state index < -0.39 is 0 Å². The number of allylic oxidation sites excluding steroid dienone is 2. The van der Waals surface area contributed by atoms with Crippen molar-refractivity contribution in [3.05, 3.63) is 23.2 Å². The standard InChI is InChI=1S/C17H25N3O2S/c1-12-8-20(9-13(2)22-12)10-15-11-23-17(18-15)19-16(21)14-6-4-3-5-7-14/h3-4,11-14H,5-10H2,1-2H3,(H,18,19,21)/t12-,13+,14-/m0/s1. The Morgan fingerprint density at radius 3 is 2.87 bits per heavy atom. The Kier molecular flexibility index (Phi) is 5.46. The van der Waals surface area contributed by atoms with Crippen molar-refractivity contribution >= 4 is 22.4 Å². The second-order valence-corrected chi connectivity index (χ2v) is 7.42. The molecule has 1 N–H and O–H groups in total. The molecule has 1 amide bonds. The van der Waals surface area contributed by atoms with Gasteiger partial charge in [0.25, 0.3) is 0 Å². The summed E-state index contributed by atoms with van der Waals surface area (Å²) in [5.41, 5.74) is 1.02. The molecule has 1 aromatic heterocycles. The zero-order valence-corrected chi connectivity index (χ0v) is 14.6. The van der Waals surface area contributed by atoms with Crippen LogP contribution in [0.3, 0.4) is 0 Å². The highest BCUT2D eigenvalue weighted by Gasteiger charge is 2.23. The topological polar surface area (TPSA) is 54.5 Å². The number of carbonyl (C=O) groups is 1. The number of nitrogens with one attached hydrogen (secondary N) is 1. The lowest BCUT2D eigenvalue weighted by Gasteiger charge is -2.34. The number of morpholine rings is 1. The van der Waals surface area contributed by atoms with Crippen LogP contribution in [0.25, 0.3) is 0 Å². The molecule has 126 valence electrons. The van der Waals surface area contributed by atoms with E-state index in [1.165, 1.54) is 11.3 Å². The number of anilines is 1. The Hall–Kier alpha value is -1.24. The maximum Gasteiger partial charge on any atom is 0.229 e. The van der Waals surface area contributed by atoms with E-state index in [0.29, 0.717) is 5.13 Å². The number of aromatic nitrogens is 1. The Balaban J connectivity index is 1.53.